The third-order valence-electron chi connectivity index (χ3n) is 4.46. The largest absolute Gasteiger partial charge is 0.438 e. The van der Waals surface area contributed by atoms with E-state index in [-0.39, 0.29) is 16.8 Å². The molecule has 1 N–H and O–H groups in total. The molecule has 1 heterocycles. The van der Waals surface area contributed by atoms with Crippen molar-refractivity contribution in [2.75, 3.05) is 0 Å². The number of rotatable bonds is 3. The topological polar surface area (TPSA) is 115 Å². The molecule has 0 atom stereocenters. The maximum absolute atomic E-state index is 12.6. The molecule has 4 rings (SSSR count). The summed E-state index contributed by atoms with van der Waals surface area (Å²) in [5, 5.41) is 15.4. The Hall–Kier alpha value is -4.33. The van der Waals surface area contributed by atoms with Crippen LogP contribution in [-0.2, 0) is 4.79 Å². The van der Waals surface area contributed by atoms with Crippen LogP contribution in [0.15, 0.2) is 76.1 Å². The molecular formula is C22H15N3O5. The van der Waals surface area contributed by atoms with E-state index >= 15 is 0 Å². The number of imide groups is 1. The highest BCUT2D eigenvalue weighted by Gasteiger charge is 2.16. The van der Waals surface area contributed by atoms with Crippen molar-refractivity contribution < 1.29 is 18.9 Å². The number of amides is 2. The molecular weight excluding hydrogens is 386 g/mol. The predicted octanol–water partition coefficient (Wildman–Crippen LogP) is 4.00. The van der Waals surface area contributed by atoms with Gasteiger partial charge in [-0.25, -0.2) is 4.99 Å². The molecule has 0 aliphatic heterocycles. The van der Waals surface area contributed by atoms with Crippen LogP contribution in [0.1, 0.15) is 17.3 Å². The SMILES string of the molecule is CC(=O)NC(=O)c1cc2cc([N+](=O)[O-])ccc2oc1=Nc1cccc2ccccc12. The average Bonchev–Trinajstić information content (AvgIpc) is 2.72. The molecule has 0 bridgehead atoms. The highest BCUT2D eigenvalue weighted by Crippen LogP contribution is 2.26. The molecule has 148 valence electrons. The van der Waals surface area contributed by atoms with Gasteiger partial charge in [-0.2, -0.15) is 0 Å². The fourth-order valence-electron chi connectivity index (χ4n) is 3.12. The standard InChI is InChI=1S/C22H15N3O5/c1-13(26)23-21(27)18-12-15-11-16(25(28)29)9-10-20(15)30-22(18)24-19-8-4-6-14-5-2-3-7-17(14)19/h2-12H,1H3,(H,23,26,27). The smallest absolute Gasteiger partial charge is 0.270 e. The van der Waals surface area contributed by atoms with E-state index in [1.54, 1.807) is 6.07 Å². The molecule has 1 aromatic heterocycles. The molecule has 0 radical (unpaired) electrons. The number of hydrogen-bond donors (Lipinski definition) is 1. The van der Waals surface area contributed by atoms with Crippen LogP contribution in [0.4, 0.5) is 11.4 Å². The lowest BCUT2D eigenvalue weighted by Crippen LogP contribution is -2.32. The third-order valence-corrected chi connectivity index (χ3v) is 4.46. The lowest BCUT2D eigenvalue weighted by atomic mass is 10.1. The number of nitro benzene ring substituents is 1. The van der Waals surface area contributed by atoms with E-state index in [1.807, 2.05) is 36.4 Å². The molecule has 2 amide bonds. The number of nitrogens with zero attached hydrogens (tertiary/aromatic N) is 2. The summed E-state index contributed by atoms with van der Waals surface area (Å²) in [6.07, 6.45) is 0. The van der Waals surface area contributed by atoms with Crippen LogP contribution in [0.5, 0.6) is 0 Å². The Balaban J connectivity index is 2.00. The maximum Gasteiger partial charge on any atom is 0.270 e. The van der Waals surface area contributed by atoms with Crippen LogP contribution >= 0.6 is 0 Å². The van der Waals surface area contributed by atoms with Gasteiger partial charge in [0.25, 0.3) is 11.6 Å². The van der Waals surface area contributed by atoms with Gasteiger partial charge in [0.05, 0.1) is 10.6 Å². The van der Waals surface area contributed by atoms with Gasteiger partial charge in [0.2, 0.25) is 11.5 Å². The van der Waals surface area contributed by atoms with Crippen molar-refractivity contribution in [3.05, 3.63) is 88.0 Å². The predicted molar refractivity (Wildman–Crippen MR) is 110 cm³/mol. The van der Waals surface area contributed by atoms with Gasteiger partial charge in [0, 0.05) is 29.8 Å². The summed E-state index contributed by atoms with van der Waals surface area (Å²) in [6.45, 7) is 1.21. The van der Waals surface area contributed by atoms with Crippen molar-refractivity contribution in [3.63, 3.8) is 0 Å². The highest BCUT2D eigenvalue weighted by atomic mass is 16.6. The van der Waals surface area contributed by atoms with Crippen LogP contribution in [-0.4, -0.2) is 16.7 Å². The Morgan fingerprint density at radius 2 is 1.77 bits per heavy atom. The maximum atomic E-state index is 12.6. The number of carbonyl (C=O) groups excluding carboxylic acids is 2. The lowest BCUT2D eigenvalue weighted by Gasteiger charge is -2.06. The summed E-state index contributed by atoms with van der Waals surface area (Å²) in [6, 6.07) is 18.7. The van der Waals surface area contributed by atoms with Gasteiger partial charge >= 0.3 is 0 Å². The summed E-state index contributed by atoms with van der Waals surface area (Å²) in [7, 11) is 0. The zero-order chi connectivity index (χ0) is 21.3. The number of hydrogen-bond acceptors (Lipinski definition) is 6. The van der Waals surface area contributed by atoms with E-state index in [2.05, 4.69) is 10.3 Å². The second kappa shape index (κ2) is 7.59. The quantitative estimate of drug-likeness (QED) is 0.411. The number of nitro groups is 1. The monoisotopic (exact) mass is 401 g/mol. The highest BCUT2D eigenvalue weighted by molar-refractivity contribution is 6.05. The van der Waals surface area contributed by atoms with Crippen molar-refractivity contribution in [1.82, 2.24) is 5.32 Å². The van der Waals surface area contributed by atoms with Gasteiger partial charge in [-0.05, 0) is 23.6 Å². The molecule has 3 aromatic carbocycles. The lowest BCUT2D eigenvalue weighted by molar-refractivity contribution is -0.384. The number of nitrogens with one attached hydrogen (secondary N) is 1. The van der Waals surface area contributed by atoms with Gasteiger partial charge in [-0.1, -0.05) is 36.4 Å². The van der Waals surface area contributed by atoms with Crippen LogP contribution in [0, 0.1) is 10.1 Å². The van der Waals surface area contributed by atoms with Gasteiger partial charge in [0.1, 0.15) is 11.1 Å². The van der Waals surface area contributed by atoms with Crippen LogP contribution in [0.2, 0.25) is 0 Å². The molecule has 0 unspecified atom stereocenters. The zero-order valence-corrected chi connectivity index (χ0v) is 15.8. The molecule has 0 spiro atoms. The van der Waals surface area contributed by atoms with Crippen LogP contribution in [0.3, 0.4) is 0 Å². The van der Waals surface area contributed by atoms with E-state index in [1.165, 1.54) is 31.2 Å². The summed E-state index contributed by atoms with van der Waals surface area (Å²) in [4.78, 5) is 39.1. The summed E-state index contributed by atoms with van der Waals surface area (Å²) >= 11 is 0. The van der Waals surface area contributed by atoms with Gasteiger partial charge in [-0.3, -0.25) is 25.0 Å². The Labute approximate surface area is 169 Å². The fourth-order valence-corrected chi connectivity index (χ4v) is 3.12. The molecule has 4 aromatic rings. The minimum atomic E-state index is -0.710. The van der Waals surface area contributed by atoms with Crippen molar-refractivity contribution in [1.29, 1.82) is 0 Å². The Kier molecular flexibility index (Phi) is 4.81. The van der Waals surface area contributed by atoms with Crippen molar-refractivity contribution in [2.24, 2.45) is 4.99 Å². The molecule has 8 nitrogen and oxygen atoms in total. The molecule has 0 aliphatic carbocycles. The third kappa shape index (κ3) is 3.66. The van der Waals surface area contributed by atoms with E-state index in [0.29, 0.717) is 16.7 Å². The molecule has 0 aliphatic rings. The number of non-ortho nitro benzene ring substituents is 1. The summed E-state index contributed by atoms with van der Waals surface area (Å²) < 4.78 is 5.82. The van der Waals surface area contributed by atoms with Crippen LogP contribution < -0.4 is 10.9 Å². The normalized spacial score (nSPS) is 11.6. The van der Waals surface area contributed by atoms with E-state index in [0.717, 1.165) is 10.8 Å². The second-order valence-corrected chi connectivity index (χ2v) is 6.56. The summed E-state index contributed by atoms with van der Waals surface area (Å²) in [5.74, 6) is -1.26. The molecule has 0 saturated heterocycles. The Morgan fingerprint density at radius 1 is 1.00 bits per heavy atom. The Morgan fingerprint density at radius 3 is 2.53 bits per heavy atom. The molecule has 8 heteroatoms. The Bertz CT molecular complexity index is 1400. The van der Waals surface area contributed by atoms with Crippen LogP contribution in [0.25, 0.3) is 21.7 Å². The fraction of sp³-hybridized carbons (Fsp3) is 0.0455. The number of fused-ring (bicyclic) bond motifs is 2. The first-order valence-electron chi connectivity index (χ1n) is 8.99. The number of carbonyl (C=O) groups is 2. The first-order valence-corrected chi connectivity index (χ1v) is 8.99. The van der Waals surface area contributed by atoms with Gasteiger partial charge in [-0.15, -0.1) is 0 Å². The van der Waals surface area contributed by atoms with Crippen molar-refractivity contribution in [2.45, 2.75) is 6.92 Å². The second-order valence-electron chi connectivity index (χ2n) is 6.56. The van der Waals surface area contributed by atoms with Crippen molar-refractivity contribution >= 4 is 44.9 Å². The number of benzene rings is 3. The summed E-state index contributed by atoms with van der Waals surface area (Å²) in [5.41, 5.74) is 0.737. The molecule has 0 fully saturated rings. The zero-order valence-electron chi connectivity index (χ0n) is 15.8. The van der Waals surface area contributed by atoms with E-state index < -0.39 is 16.7 Å². The van der Waals surface area contributed by atoms with Gasteiger partial charge in [0.15, 0.2) is 0 Å². The molecule has 30 heavy (non-hydrogen) atoms. The minimum absolute atomic E-state index is 0.00791. The van der Waals surface area contributed by atoms with Crippen molar-refractivity contribution in [3.8, 4) is 0 Å². The first kappa shape index (κ1) is 19.0. The molecule has 0 saturated carbocycles. The van der Waals surface area contributed by atoms with E-state index in [4.69, 9.17) is 4.42 Å². The minimum Gasteiger partial charge on any atom is -0.438 e. The average molecular weight is 401 g/mol. The first-order chi connectivity index (χ1) is 14.4. The van der Waals surface area contributed by atoms with E-state index in [9.17, 15) is 19.7 Å². The van der Waals surface area contributed by atoms with Gasteiger partial charge < -0.3 is 4.42 Å².